The van der Waals surface area contributed by atoms with E-state index >= 15 is 0 Å². The van der Waals surface area contributed by atoms with Crippen molar-refractivity contribution in [1.82, 2.24) is 0 Å². The van der Waals surface area contributed by atoms with Gasteiger partial charge in [-0.3, -0.25) is 0 Å². The van der Waals surface area contributed by atoms with Gasteiger partial charge in [0.2, 0.25) is 0 Å². The van der Waals surface area contributed by atoms with Gasteiger partial charge in [0.1, 0.15) is 0 Å². The zero-order valence-electron chi connectivity index (χ0n) is 9.45. The second kappa shape index (κ2) is 4.00. The summed E-state index contributed by atoms with van der Waals surface area (Å²) in [6, 6.07) is 8.68. The minimum absolute atomic E-state index is 0.285. The van der Waals surface area contributed by atoms with Crippen LogP contribution in [-0.2, 0) is 0 Å². The van der Waals surface area contributed by atoms with Crippen LogP contribution in [0.4, 0.5) is 0 Å². The molecule has 2 rings (SSSR count). The van der Waals surface area contributed by atoms with Crippen LogP contribution in [0.2, 0.25) is 0 Å². The van der Waals surface area contributed by atoms with Gasteiger partial charge in [0.05, 0.1) is 0 Å². The molecule has 0 atom stereocenters. The Bertz CT molecular complexity index is 419. The number of benzene rings is 1. The molecule has 0 radical (unpaired) electrons. The van der Waals surface area contributed by atoms with E-state index in [2.05, 4.69) is 63.3 Å². The monoisotopic (exact) mass is 264 g/mol. The van der Waals surface area contributed by atoms with Crippen LogP contribution in [0.25, 0.3) is 6.08 Å². The zero-order chi connectivity index (χ0) is 10.9. The molecule has 0 amide bonds. The van der Waals surface area contributed by atoms with Crippen LogP contribution in [-0.4, -0.2) is 15.0 Å². The summed E-state index contributed by atoms with van der Waals surface area (Å²) in [5.74, 6) is 0. The topological polar surface area (TPSA) is 0 Å². The standard InChI is InChI=1S/C14H16Se/c1-14(2,3)10-12-9-8-11-6-4-5-7-13(11)15-12/h4-10H,1-3H3/b12-10-. The Labute approximate surface area is 98.2 Å². The van der Waals surface area contributed by atoms with Gasteiger partial charge in [0.15, 0.2) is 0 Å². The number of fused-ring (bicyclic) bond motifs is 1. The molecule has 0 bridgehead atoms. The van der Waals surface area contributed by atoms with Crippen molar-refractivity contribution >= 4 is 25.5 Å². The molecular weight excluding hydrogens is 247 g/mol. The molecule has 15 heavy (non-hydrogen) atoms. The molecule has 1 aromatic carbocycles. The van der Waals surface area contributed by atoms with Crippen molar-refractivity contribution in [3.8, 4) is 0 Å². The Balaban J connectivity index is 2.31. The normalized spacial score (nSPS) is 17.9. The summed E-state index contributed by atoms with van der Waals surface area (Å²) in [5.41, 5.74) is 1.68. The summed E-state index contributed by atoms with van der Waals surface area (Å²) in [5, 5.41) is 0. The average molecular weight is 263 g/mol. The number of allylic oxidation sites excluding steroid dienone is 3. The summed E-state index contributed by atoms with van der Waals surface area (Å²) in [6.07, 6.45) is 6.89. The summed E-state index contributed by atoms with van der Waals surface area (Å²) in [6.45, 7) is 6.76. The molecule has 0 unspecified atom stereocenters. The van der Waals surface area contributed by atoms with Gasteiger partial charge in [-0.2, -0.15) is 0 Å². The molecule has 0 N–H and O–H groups in total. The maximum absolute atomic E-state index is 2.39. The van der Waals surface area contributed by atoms with Gasteiger partial charge in [0, 0.05) is 0 Å². The van der Waals surface area contributed by atoms with Crippen molar-refractivity contribution in [3.63, 3.8) is 0 Å². The molecule has 1 heteroatoms. The molecule has 0 saturated carbocycles. The van der Waals surface area contributed by atoms with Crippen molar-refractivity contribution in [1.29, 1.82) is 0 Å². The van der Waals surface area contributed by atoms with Crippen molar-refractivity contribution in [2.24, 2.45) is 5.41 Å². The average Bonchev–Trinajstić information content (AvgIpc) is 2.15. The van der Waals surface area contributed by atoms with Crippen LogP contribution in [0, 0.1) is 5.41 Å². The first-order chi connectivity index (χ1) is 7.04. The fraction of sp³-hybridized carbons (Fsp3) is 0.286. The van der Waals surface area contributed by atoms with E-state index in [1.165, 1.54) is 14.5 Å². The second-order valence-corrected chi connectivity index (χ2v) is 7.23. The third kappa shape index (κ3) is 2.84. The summed E-state index contributed by atoms with van der Waals surface area (Å²) < 4.78 is 3.00. The van der Waals surface area contributed by atoms with E-state index < -0.39 is 0 Å². The van der Waals surface area contributed by atoms with Gasteiger partial charge < -0.3 is 0 Å². The van der Waals surface area contributed by atoms with Crippen LogP contribution >= 0.6 is 0 Å². The summed E-state index contributed by atoms with van der Waals surface area (Å²) in [7, 11) is 0. The molecule has 0 aromatic heterocycles. The fourth-order valence-corrected chi connectivity index (χ4v) is 4.07. The fourth-order valence-electron chi connectivity index (χ4n) is 1.55. The predicted octanol–water partition coefficient (Wildman–Crippen LogP) is 2.97. The molecule has 78 valence electrons. The summed E-state index contributed by atoms with van der Waals surface area (Å²) in [4.78, 5) is 0. The number of rotatable bonds is 0. The Kier molecular flexibility index (Phi) is 2.86. The molecule has 1 heterocycles. The van der Waals surface area contributed by atoms with Gasteiger partial charge in [0.25, 0.3) is 0 Å². The van der Waals surface area contributed by atoms with Crippen molar-refractivity contribution < 1.29 is 0 Å². The quantitative estimate of drug-likeness (QED) is 0.631. The SMILES string of the molecule is CC(C)(C)/C=C1/C=Cc2ccccc2[Se]1. The molecule has 0 nitrogen and oxygen atoms in total. The molecular formula is C14H16Se. The van der Waals surface area contributed by atoms with Crippen LogP contribution in [0.1, 0.15) is 26.3 Å². The van der Waals surface area contributed by atoms with Crippen LogP contribution in [0.3, 0.4) is 0 Å². The van der Waals surface area contributed by atoms with Gasteiger partial charge in [-0.1, -0.05) is 0 Å². The van der Waals surface area contributed by atoms with E-state index in [9.17, 15) is 0 Å². The van der Waals surface area contributed by atoms with E-state index in [0.717, 1.165) is 0 Å². The van der Waals surface area contributed by atoms with Gasteiger partial charge in [-0.15, -0.1) is 0 Å². The van der Waals surface area contributed by atoms with Gasteiger partial charge >= 0.3 is 98.1 Å². The molecule has 1 aliphatic heterocycles. The minimum atomic E-state index is 0.285. The number of hydrogen-bond donors (Lipinski definition) is 0. The van der Waals surface area contributed by atoms with Gasteiger partial charge in [-0.05, 0) is 0 Å². The molecule has 1 aromatic rings. The Morgan fingerprint density at radius 3 is 2.53 bits per heavy atom. The van der Waals surface area contributed by atoms with Crippen LogP contribution in [0.5, 0.6) is 0 Å². The maximum atomic E-state index is 2.39. The molecule has 0 saturated heterocycles. The second-order valence-electron chi connectivity index (χ2n) is 4.89. The molecule has 0 fully saturated rings. The van der Waals surface area contributed by atoms with E-state index in [1.807, 2.05) is 0 Å². The van der Waals surface area contributed by atoms with Crippen molar-refractivity contribution in [2.45, 2.75) is 20.8 Å². The third-order valence-electron chi connectivity index (χ3n) is 2.15. The first-order valence-electron chi connectivity index (χ1n) is 5.22. The zero-order valence-corrected chi connectivity index (χ0v) is 11.2. The van der Waals surface area contributed by atoms with E-state index in [-0.39, 0.29) is 5.41 Å². The van der Waals surface area contributed by atoms with Gasteiger partial charge in [-0.25, -0.2) is 0 Å². The number of hydrogen-bond acceptors (Lipinski definition) is 0. The van der Waals surface area contributed by atoms with E-state index in [4.69, 9.17) is 0 Å². The predicted molar refractivity (Wildman–Crippen MR) is 68.4 cm³/mol. The Hall–Kier alpha value is -0.781. The van der Waals surface area contributed by atoms with Crippen LogP contribution in [0.15, 0.2) is 40.9 Å². The van der Waals surface area contributed by atoms with Crippen LogP contribution < -0.4 is 4.46 Å². The Morgan fingerprint density at radius 1 is 1.07 bits per heavy atom. The summed E-state index contributed by atoms with van der Waals surface area (Å²) >= 11 is 0.485. The first-order valence-corrected chi connectivity index (χ1v) is 6.94. The van der Waals surface area contributed by atoms with E-state index in [1.54, 1.807) is 0 Å². The Morgan fingerprint density at radius 2 is 1.80 bits per heavy atom. The third-order valence-corrected chi connectivity index (χ3v) is 4.42. The first kappa shape index (κ1) is 10.7. The van der Waals surface area contributed by atoms with Crippen molar-refractivity contribution in [3.05, 3.63) is 46.5 Å². The molecule has 0 spiro atoms. The molecule has 1 aliphatic rings. The molecule has 0 aliphatic carbocycles. The van der Waals surface area contributed by atoms with E-state index in [0.29, 0.717) is 15.0 Å². The van der Waals surface area contributed by atoms with Crippen molar-refractivity contribution in [2.75, 3.05) is 0 Å².